The average molecular weight is 343 g/mol. The molecular formula is C19H18FNO4. The van der Waals surface area contributed by atoms with E-state index >= 15 is 0 Å². The van der Waals surface area contributed by atoms with Gasteiger partial charge in [-0.25, -0.2) is 4.39 Å². The first-order valence-corrected chi connectivity index (χ1v) is 8.23. The van der Waals surface area contributed by atoms with Gasteiger partial charge in [0.25, 0.3) is 0 Å². The number of aliphatic carboxylic acids is 1. The van der Waals surface area contributed by atoms with E-state index < -0.39 is 17.7 Å². The van der Waals surface area contributed by atoms with Crippen LogP contribution in [0.25, 0.3) is 0 Å². The maximum Gasteiger partial charge on any atom is 0.312 e. The molecule has 0 spiro atoms. The second kappa shape index (κ2) is 6.37. The zero-order chi connectivity index (χ0) is 17.4. The molecule has 25 heavy (non-hydrogen) atoms. The fraction of sp³-hybridized carbons (Fsp3) is 0.316. The van der Waals surface area contributed by atoms with Gasteiger partial charge in [0.05, 0.1) is 5.92 Å². The van der Waals surface area contributed by atoms with Crippen LogP contribution >= 0.6 is 0 Å². The van der Waals surface area contributed by atoms with E-state index in [4.69, 9.17) is 9.47 Å². The molecule has 1 unspecified atom stereocenters. The lowest BCUT2D eigenvalue weighted by Gasteiger charge is -2.33. The highest BCUT2D eigenvalue weighted by Crippen LogP contribution is 2.36. The Hall–Kier alpha value is -2.60. The van der Waals surface area contributed by atoms with Crippen molar-refractivity contribution in [1.29, 1.82) is 0 Å². The second-order valence-electron chi connectivity index (χ2n) is 6.32. The molecule has 130 valence electrons. The molecule has 2 aromatic rings. The molecule has 4 rings (SSSR count). The lowest BCUT2D eigenvalue weighted by atomic mass is 9.89. The van der Waals surface area contributed by atoms with Crippen LogP contribution in [0.15, 0.2) is 36.4 Å². The summed E-state index contributed by atoms with van der Waals surface area (Å²) in [4.78, 5) is 13.6. The van der Waals surface area contributed by atoms with Crippen molar-refractivity contribution >= 4 is 5.97 Å². The molecule has 2 aliphatic rings. The number of carbonyl (C=O) groups is 1. The lowest BCUT2D eigenvalue weighted by molar-refractivity contribution is -0.139. The predicted octanol–water partition coefficient (Wildman–Crippen LogP) is 2.78. The molecule has 2 aromatic carbocycles. The Morgan fingerprint density at radius 3 is 2.84 bits per heavy atom. The summed E-state index contributed by atoms with van der Waals surface area (Å²) >= 11 is 0. The number of carboxylic acids is 1. The molecule has 1 atom stereocenters. The molecule has 5 nitrogen and oxygen atoms in total. The van der Waals surface area contributed by atoms with Crippen LogP contribution in [0.2, 0.25) is 0 Å². The lowest BCUT2D eigenvalue weighted by Crippen LogP contribution is -2.36. The highest BCUT2D eigenvalue weighted by molar-refractivity contribution is 5.77. The summed E-state index contributed by atoms with van der Waals surface area (Å²) in [5.74, 6) is -1.33. The number of hydrogen-bond donors (Lipinski definition) is 1. The van der Waals surface area contributed by atoms with Crippen molar-refractivity contribution in [3.05, 3.63) is 58.9 Å². The van der Waals surface area contributed by atoms with Crippen molar-refractivity contribution in [2.45, 2.75) is 19.0 Å². The summed E-state index contributed by atoms with van der Waals surface area (Å²) in [5, 5.41) is 9.54. The number of benzene rings is 2. The molecule has 6 heteroatoms. The first-order chi connectivity index (χ1) is 12.1. The van der Waals surface area contributed by atoms with E-state index in [1.165, 1.54) is 0 Å². The van der Waals surface area contributed by atoms with E-state index in [0.29, 0.717) is 44.2 Å². The summed E-state index contributed by atoms with van der Waals surface area (Å²) in [6.07, 6.45) is 0. The summed E-state index contributed by atoms with van der Waals surface area (Å²) in [6, 6.07) is 10.9. The molecule has 0 saturated carbocycles. The predicted molar refractivity (Wildman–Crippen MR) is 88.3 cm³/mol. The molecular weight excluding hydrogens is 325 g/mol. The van der Waals surface area contributed by atoms with Crippen LogP contribution < -0.4 is 9.47 Å². The normalized spacial score (nSPS) is 19.3. The molecule has 1 N–H and O–H groups in total. The number of halogens is 1. The number of rotatable bonds is 3. The number of hydrogen-bond acceptors (Lipinski definition) is 4. The highest BCUT2D eigenvalue weighted by atomic mass is 19.1. The van der Waals surface area contributed by atoms with Crippen LogP contribution in [0.4, 0.5) is 4.39 Å². The Bertz CT molecular complexity index is 823. The van der Waals surface area contributed by atoms with Gasteiger partial charge in [-0.15, -0.1) is 0 Å². The van der Waals surface area contributed by atoms with Crippen LogP contribution in [0.1, 0.15) is 22.6 Å². The van der Waals surface area contributed by atoms with E-state index in [2.05, 4.69) is 0 Å². The topological polar surface area (TPSA) is 59.0 Å². The summed E-state index contributed by atoms with van der Waals surface area (Å²) < 4.78 is 25.5. The summed E-state index contributed by atoms with van der Waals surface area (Å²) in [6.45, 7) is 2.00. The van der Waals surface area contributed by atoms with Gasteiger partial charge in [0, 0.05) is 25.2 Å². The SMILES string of the molecule is O=C(O)C1CN(Cc2ccc3c(c2F)OCCO3)Cc2ccccc21. The van der Waals surface area contributed by atoms with E-state index in [0.717, 1.165) is 11.1 Å². The molecule has 0 radical (unpaired) electrons. The van der Waals surface area contributed by atoms with Crippen LogP contribution in [0.3, 0.4) is 0 Å². The molecule has 0 aromatic heterocycles. The van der Waals surface area contributed by atoms with Crippen molar-refractivity contribution in [2.24, 2.45) is 0 Å². The van der Waals surface area contributed by atoms with Gasteiger partial charge in [-0.3, -0.25) is 9.69 Å². The molecule has 0 bridgehead atoms. The number of nitrogens with zero attached hydrogens (tertiary/aromatic N) is 1. The fourth-order valence-corrected chi connectivity index (χ4v) is 3.50. The number of ether oxygens (including phenoxy) is 2. The largest absolute Gasteiger partial charge is 0.486 e. The molecule has 0 saturated heterocycles. The van der Waals surface area contributed by atoms with Gasteiger partial charge < -0.3 is 14.6 Å². The Morgan fingerprint density at radius 1 is 1.20 bits per heavy atom. The molecule has 0 amide bonds. The van der Waals surface area contributed by atoms with Crippen molar-refractivity contribution in [1.82, 2.24) is 4.90 Å². The van der Waals surface area contributed by atoms with Crippen LogP contribution in [-0.4, -0.2) is 35.7 Å². The molecule has 0 fully saturated rings. The van der Waals surface area contributed by atoms with Gasteiger partial charge in [-0.1, -0.05) is 30.3 Å². The standard InChI is InChI=1S/C19H18FNO4/c20-17-13(5-6-16-18(17)25-8-7-24-16)10-21-9-12-3-1-2-4-14(12)15(11-21)19(22)23/h1-6,15H,7-11H2,(H,22,23). The van der Waals surface area contributed by atoms with Gasteiger partial charge in [-0.05, 0) is 17.2 Å². The van der Waals surface area contributed by atoms with E-state index in [9.17, 15) is 14.3 Å². The Labute approximate surface area is 144 Å². The van der Waals surface area contributed by atoms with Crippen molar-refractivity contribution in [3.63, 3.8) is 0 Å². The van der Waals surface area contributed by atoms with Crippen molar-refractivity contribution in [3.8, 4) is 11.5 Å². The summed E-state index contributed by atoms with van der Waals surface area (Å²) in [7, 11) is 0. The van der Waals surface area contributed by atoms with Gasteiger partial charge in [0.1, 0.15) is 13.2 Å². The maximum atomic E-state index is 14.7. The highest BCUT2D eigenvalue weighted by Gasteiger charge is 2.31. The van der Waals surface area contributed by atoms with E-state index in [1.807, 2.05) is 29.2 Å². The van der Waals surface area contributed by atoms with E-state index in [1.54, 1.807) is 12.1 Å². The third kappa shape index (κ3) is 2.93. The summed E-state index contributed by atoms with van der Waals surface area (Å²) in [5.41, 5.74) is 2.29. The van der Waals surface area contributed by atoms with Gasteiger partial charge in [0.15, 0.2) is 17.3 Å². The first kappa shape index (κ1) is 15.9. The Balaban J connectivity index is 1.61. The van der Waals surface area contributed by atoms with Crippen molar-refractivity contribution in [2.75, 3.05) is 19.8 Å². The monoisotopic (exact) mass is 343 g/mol. The zero-order valence-corrected chi connectivity index (χ0v) is 13.6. The van der Waals surface area contributed by atoms with Crippen LogP contribution in [0, 0.1) is 5.82 Å². The molecule has 2 heterocycles. The third-order valence-corrected chi connectivity index (χ3v) is 4.69. The average Bonchev–Trinajstić information content (AvgIpc) is 2.63. The minimum absolute atomic E-state index is 0.149. The van der Waals surface area contributed by atoms with Gasteiger partial charge >= 0.3 is 5.97 Å². The smallest absolute Gasteiger partial charge is 0.312 e. The van der Waals surface area contributed by atoms with Crippen LogP contribution in [-0.2, 0) is 17.9 Å². The first-order valence-electron chi connectivity index (χ1n) is 8.23. The van der Waals surface area contributed by atoms with Crippen molar-refractivity contribution < 1.29 is 23.8 Å². The van der Waals surface area contributed by atoms with Gasteiger partial charge in [-0.2, -0.15) is 0 Å². The number of fused-ring (bicyclic) bond motifs is 2. The third-order valence-electron chi connectivity index (χ3n) is 4.69. The number of carboxylic acid groups (broad SMARTS) is 1. The second-order valence-corrected chi connectivity index (χ2v) is 6.32. The Kier molecular flexibility index (Phi) is 4.05. The zero-order valence-electron chi connectivity index (χ0n) is 13.6. The fourth-order valence-electron chi connectivity index (χ4n) is 3.50. The van der Waals surface area contributed by atoms with Gasteiger partial charge in [0.2, 0.25) is 0 Å². The molecule has 0 aliphatic carbocycles. The Morgan fingerprint density at radius 2 is 2.00 bits per heavy atom. The minimum atomic E-state index is -0.861. The maximum absolute atomic E-state index is 14.7. The quantitative estimate of drug-likeness (QED) is 0.929. The van der Waals surface area contributed by atoms with E-state index in [-0.39, 0.29) is 5.75 Å². The minimum Gasteiger partial charge on any atom is -0.486 e. The van der Waals surface area contributed by atoms with Crippen LogP contribution in [0.5, 0.6) is 11.5 Å². The molecule has 2 aliphatic heterocycles.